The van der Waals surface area contributed by atoms with Crippen LogP contribution in [-0.4, -0.2) is 29.1 Å². The van der Waals surface area contributed by atoms with Crippen molar-refractivity contribution in [2.24, 2.45) is 5.92 Å². The summed E-state index contributed by atoms with van der Waals surface area (Å²) in [6.07, 6.45) is -4.29. The third-order valence-corrected chi connectivity index (χ3v) is 3.10. The van der Waals surface area contributed by atoms with Gasteiger partial charge in [-0.05, 0) is 19.1 Å². The molecule has 1 amide bonds. The predicted molar refractivity (Wildman–Crippen MR) is 61.5 cm³/mol. The summed E-state index contributed by atoms with van der Waals surface area (Å²) in [6.45, 7) is 1.63. The number of carbonyl (C=O) groups excluding carboxylic acids is 1. The molecule has 0 bridgehead atoms. The minimum absolute atomic E-state index is 0.116. The van der Waals surface area contributed by atoms with Crippen LogP contribution in [0.5, 0.6) is 0 Å². The number of aliphatic hydroxyl groups is 1. The minimum atomic E-state index is -4.49. The summed E-state index contributed by atoms with van der Waals surface area (Å²) in [4.78, 5) is 16.6. The molecule has 2 rings (SSSR count). The molecule has 1 aliphatic heterocycles. The Morgan fingerprint density at radius 3 is 2.63 bits per heavy atom. The van der Waals surface area contributed by atoms with E-state index in [4.69, 9.17) is 5.11 Å². The van der Waals surface area contributed by atoms with Crippen LogP contribution in [0, 0.1) is 12.8 Å². The second-order valence-corrected chi connectivity index (χ2v) is 4.56. The normalized spacial score (nSPS) is 20.2. The van der Waals surface area contributed by atoms with Gasteiger partial charge in [-0.3, -0.25) is 4.79 Å². The number of amides is 1. The fourth-order valence-corrected chi connectivity index (χ4v) is 2.13. The number of aromatic nitrogens is 1. The molecule has 1 unspecified atom stereocenters. The summed E-state index contributed by atoms with van der Waals surface area (Å²) in [5, 5.41) is 9.03. The SMILES string of the molecule is Cc1nc(C(F)(F)F)ccc1N1CC(CO)CC1=O. The molecular formula is C12H13F3N2O2. The molecule has 0 aromatic carbocycles. The average Bonchev–Trinajstić information content (AvgIpc) is 2.69. The van der Waals surface area contributed by atoms with Gasteiger partial charge in [-0.25, -0.2) is 4.98 Å². The summed E-state index contributed by atoms with van der Waals surface area (Å²) in [6, 6.07) is 2.12. The number of aliphatic hydroxyl groups excluding tert-OH is 1. The van der Waals surface area contributed by atoms with Gasteiger partial charge in [-0.1, -0.05) is 0 Å². The lowest BCUT2D eigenvalue weighted by Gasteiger charge is -2.19. The summed E-state index contributed by atoms with van der Waals surface area (Å²) >= 11 is 0. The van der Waals surface area contributed by atoms with E-state index in [1.54, 1.807) is 0 Å². The Labute approximate surface area is 107 Å². The Hall–Kier alpha value is -1.63. The Bertz CT molecular complexity index is 502. The molecule has 104 valence electrons. The minimum Gasteiger partial charge on any atom is -0.396 e. The highest BCUT2D eigenvalue weighted by Crippen LogP contribution is 2.32. The van der Waals surface area contributed by atoms with Gasteiger partial charge < -0.3 is 10.0 Å². The molecule has 0 saturated carbocycles. The molecule has 1 aromatic rings. The Kier molecular flexibility index (Phi) is 3.49. The number of nitrogens with zero attached hydrogens (tertiary/aromatic N) is 2. The smallest absolute Gasteiger partial charge is 0.396 e. The maximum Gasteiger partial charge on any atom is 0.433 e. The van der Waals surface area contributed by atoms with Crippen molar-refractivity contribution in [2.75, 3.05) is 18.1 Å². The van der Waals surface area contributed by atoms with Gasteiger partial charge in [0.25, 0.3) is 0 Å². The van der Waals surface area contributed by atoms with Crippen molar-refractivity contribution >= 4 is 11.6 Å². The van der Waals surface area contributed by atoms with Gasteiger partial charge >= 0.3 is 6.18 Å². The van der Waals surface area contributed by atoms with Crippen molar-refractivity contribution in [1.29, 1.82) is 0 Å². The third kappa shape index (κ3) is 2.70. The van der Waals surface area contributed by atoms with Crippen LogP contribution in [0.3, 0.4) is 0 Å². The zero-order valence-electron chi connectivity index (χ0n) is 10.2. The Morgan fingerprint density at radius 2 is 2.16 bits per heavy atom. The number of anilines is 1. The van der Waals surface area contributed by atoms with E-state index in [2.05, 4.69) is 4.98 Å². The van der Waals surface area contributed by atoms with Crippen LogP contribution in [0.25, 0.3) is 0 Å². The van der Waals surface area contributed by atoms with E-state index in [-0.39, 0.29) is 30.5 Å². The van der Waals surface area contributed by atoms with Crippen molar-refractivity contribution in [3.05, 3.63) is 23.5 Å². The maximum atomic E-state index is 12.5. The molecule has 2 heterocycles. The molecule has 1 aliphatic rings. The van der Waals surface area contributed by atoms with Crippen molar-refractivity contribution in [3.8, 4) is 0 Å². The third-order valence-electron chi connectivity index (χ3n) is 3.10. The van der Waals surface area contributed by atoms with Crippen LogP contribution in [-0.2, 0) is 11.0 Å². The number of hydrogen-bond acceptors (Lipinski definition) is 3. The number of rotatable bonds is 2. The Morgan fingerprint density at radius 1 is 1.47 bits per heavy atom. The molecule has 0 radical (unpaired) electrons. The van der Waals surface area contributed by atoms with E-state index in [0.717, 1.165) is 6.07 Å². The van der Waals surface area contributed by atoms with Gasteiger partial charge in [0, 0.05) is 25.5 Å². The molecule has 1 saturated heterocycles. The molecule has 1 aromatic heterocycles. The lowest BCUT2D eigenvalue weighted by Crippen LogP contribution is -2.26. The van der Waals surface area contributed by atoms with Crippen molar-refractivity contribution < 1.29 is 23.1 Å². The molecule has 1 atom stereocenters. The van der Waals surface area contributed by atoms with E-state index in [1.807, 2.05) is 0 Å². The number of hydrogen-bond donors (Lipinski definition) is 1. The van der Waals surface area contributed by atoms with Gasteiger partial charge in [0.05, 0.1) is 11.4 Å². The van der Waals surface area contributed by atoms with Crippen molar-refractivity contribution in [1.82, 2.24) is 4.98 Å². The largest absolute Gasteiger partial charge is 0.433 e. The molecule has 1 fully saturated rings. The Balaban J connectivity index is 2.30. The predicted octanol–water partition coefficient (Wildman–Crippen LogP) is 1.75. The van der Waals surface area contributed by atoms with Gasteiger partial charge in [0.2, 0.25) is 5.91 Å². The number of pyridine rings is 1. The van der Waals surface area contributed by atoms with Crippen LogP contribution in [0.2, 0.25) is 0 Å². The quantitative estimate of drug-likeness (QED) is 0.894. The molecule has 4 nitrogen and oxygen atoms in total. The number of alkyl halides is 3. The van der Waals surface area contributed by atoms with Gasteiger partial charge in [0.1, 0.15) is 5.69 Å². The number of halogens is 3. The van der Waals surface area contributed by atoms with Crippen LogP contribution in [0.1, 0.15) is 17.8 Å². The van der Waals surface area contributed by atoms with E-state index in [9.17, 15) is 18.0 Å². The van der Waals surface area contributed by atoms with Crippen LogP contribution < -0.4 is 4.90 Å². The van der Waals surface area contributed by atoms with Gasteiger partial charge in [-0.15, -0.1) is 0 Å². The molecular weight excluding hydrogens is 261 g/mol. The van der Waals surface area contributed by atoms with Crippen LogP contribution >= 0.6 is 0 Å². The zero-order chi connectivity index (χ0) is 14.2. The molecule has 0 spiro atoms. The van der Waals surface area contributed by atoms with E-state index < -0.39 is 11.9 Å². The fourth-order valence-electron chi connectivity index (χ4n) is 2.13. The van der Waals surface area contributed by atoms with Crippen molar-refractivity contribution in [2.45, 2.75) is 19.5 Å². The zero-order valence-corrected chi connectivity index (χ0v) is 10.2. The molecule has 0 aliphatic carbocycles. The van der Waals surface area contributed by atoms with E-state index >= 15 is 0 Å². The summed E-state index contributed by atoms with van der Waals surface area (Å²) in [5.74, 6) is -0.377. The first-order chi connectivity index (χ1) is 8.82. The topological polar surface area (TPSA) is 53.4 Å². The highest BCUT2D eigenvalue weighted by Gasteiger charge is 2.35. The lowest BCUT2D eigenvalue weighted by atomic mass is 10.1. The molecule has 1 N–H and O–H groups in total. The second-order valence-electron chi connectivity index (χ2n) is 4.56. The average molecular weight is 274 g/mol. The van der Waals surface area contributed by atoms with Crippen LogP contribution in [0.15, 0.2) is 12.1 Å². The van der Waals surface area contributed by atoms with Gasteiger partial charge in [0.15, 0.2) is 0 Å². The lowest BCUT2D eigenvalue weighted by molar-refractivity contribution is -0.141. The van der Waals surface area contributed by atoms with E-state index in [1.165, 1.54) is 17.9 Å². The highest BCUT2D eigenvalue weighted by molar-refractivity contribution is 5.96. The maximum absolute atomic E-state index is 12.5. The second kappa shape index (κ2) is 4.80. The monoisotopic (exact) mass is 274 g/mol. The fraction of sp³-hybridized carbons (Fsp3) is 0.500. The summed E-state index contributed by atoms with van der Waals surface area (Å²) in [7, 11) is 0. The highest BCUT2D eigenvalue weighted by atomic mass is 19.4. The first kappa shape index (κ1) is 13.8. The summed E-state index contributed by atoms with van der Waals surface area (Å²) in [5.41, 5.74) is -0.449. The molecule has 7 heteroatoms. The van der Waals surface area contributed by atoms with E-state index in [0.29, 0.717) is 12.2 Å². The van der Waals surface area contributed by atoms with Crippen LogP contribution in [0.4, 0.5) is 18.9 Å². The number of aryl methyl sites for hydroxylation is 1. The van der Waals surface area contributed by atoms with Crippen molar-refractivity contribution in [3.63, 3.8) is 0 Å². The number of carbonyl (C=O) groups is 1. The molecule has 19 heavy (non-hydrogen) atoms. The standard InChI is InChI=1S/C12H13F3N2O2/c1-7-9(2-3-10(16-7)12(13,14)15)17-5-8(6-18)4-11(17)19/h2-3,8,18H,4-6H2,1H3. The first-order valence-electron chi connectivity index (χ1n) is 5.79. The summed E-state index contributed by atoms with van der Waals surface area (Å²) < 4.78 is 37.5. The first-order valence-corrected chi connectivity index (χ1v) is 5.79. The van der Waals surface area contributed by atoms with Gasteiger partial charge in [-0.2, -0.15) is 13.2 Å².